The second-order valence-corrected chi connectivity index (χ2v) is 5.33. The van der Waals surface area contributed by atoms with E-state index in [2.05, 4.69) is 15.9 Å². The highest BCUT2D eigenvalue weighted by Crippen LogP contribution is 2.38. The first-order chi connectivity index (χ1) is 9.65. The van der Waals surface area contributed by atoms with E-state index >= 15 is 0 Å². The SMILES string of the molecule is CC(F)(F)c1cc(Br)c(F)cc1O[C@@H](CF)CCC(=O)O. The van der Waals surface area contributed by atoms with E-state index in [1.165, 1.54) is 0 Å². The van der Waals surface area contributed by atoms with Gasteiger partial charge in [0.2, 0.25) is 0 Å². The number of hydrogen-bond donors (Lipinski definition) is 1. The van der Waals surface area contributed by atoms with Crippen LogP contribution in [0.1, 0.15) is 25.3 Å². The van der Waals surface area contributed by atoms with Crippen molar-refractivity contribution in [2.24, 2.45) is 0 Å². The molecule has 118 valence electrons. The molecular weight excluding hydrogens is 360 g/mol. The van der Waals surface area contributed by atoms with Crippen LogP contribution in [0.2, 0.25) is 0 Å². The third kappa shape index (κ3) is 5.18. The van der Waals surface area contributed by atoms with Crippen molar-refractivity contribution in [1.29, 1.82) is 0 Å². The Kier molecular flexibility index (Phi) is 6.00. The fraction of sp³-hybridized carbons (Fsp3) is 0.462. The molecule has 0 bridgehead atoms. The largest absolute Gasteiger partial charge is 0.487 e. The lowest BCUT2D eigenvalue weighted by Gasteiger charge is -2.21. The van der Waals surface area contributed by atoms with Crippen LogP contribution in [-0.4, -0.2) is 23.9 Å². The van der Waals surface area contributed by atoms with Crippen LogP contribution in [0.3, 0.4) is 0 Å². The Labute approximate surface area is 127 Å². The molecule has 1 N–H and O–H groups in total. The highest BCUT2D eigenvalue weighted by atomic mass is 79.9. The van der Waals surface area contributed by atoms with Gasteiger partial charge in [-0.25, -0.2) is 17.6 Å². The van der Waals surface area contributed by atoms with Gasteiger partial charge in [-0.1, -0.05) is 0 Å². The van der Waals surface area contributed by atoms with Gasteiger partial charge in [-0.05, 0) is 28.4 Å². The summed E-state index contributed by atoms with van der Waals surface area (Å²) in [6.45, 7) is -0.471. The third-order valence-corrected chi connectivity index (χ3v) is 3.25. The molecule has 0 aliphatic rings. The number of alkyl halides is 3. The highest BCUT2D eigenvalue weighted by Gasteiger charge is 2.31. The molecule has 0 aliphatic carbocycles. The van der Waals surface area contributed by atoms with Crippen molar-refractivity contribution in [3.8, 4) is 5.75 Å². The van der Waals surface area contributed by atoms with Crippen LogP contribution in [0.5, 0.6) is 5.75 Å². The molecule has 0 unspecified atom stereocenters. The zero-order chi connectivity index (χ0) is 16.2. The number of hydrogen-bond acceptors (Lipinski definition) is 2. The van der Waals surface area contributed by atoms with Crippen LogP contribution in [-0.2, 0) is 10.7 Å². The summed E-state index contributed by atoms with van der Waals surface area (Å²) in [5.74, 6) is -5.83. The molecule has 0 saturated heterocycles. The Bertz CT molecular complexity index is 517. The molecule has 0 aromatic heterocycles. The lowest BCUT2D eigenvalue weighted by Crippen LogP contribution is -2.22. The minimum absolute atomic E-state index is 0.172. The van der Waals surface area contributed by atoms with Gasteiger partial charge in [-0.3, -0.25) is 4.79 Å². The molecule has 0 fully saturated rings. The molecule has 1 aromatic carbocycles. The summed E-state index contributed by atoms with van der Waals surface area (Å²) < 4.78 is 58.1. The predicted octanol–water partition coefficient (Wildman–Crippen LogP) is 4.28. The van der Waals surface area contributed by atoms with E-state index in [-0.39, 0.29) is 17.3 Å². The first-order valence-electron chi connectivity index (χ1n) is 5.97. The average Bonchev–Trinajstić information content (AvgIpc) is 2.36. The first-order valence-corrected chi connectivity index (χ1v) is 6.76. The van der Waals surface area contributed by atoms with Gasteiger partial charge in [-0.2, -0.15) is 0 Å². The maximum absolute atomic E-state index is 13.5. The molecule has 1 rings (SSSR count). The Morgan fingerprint density at radius 1 is 1.48 bits per heavy atom. The minimum Gasteiger partial charge on any atom is -0.487 e. The normalized spacial score (nSPS) is 13.0. The van der Waals surface area contributed by atoms with Crippen LogP contribution in [0.25, 0.3) is 0 Å². The summed E-state index contributed by atoms with van der Waals surface area (Å²) in [6.07, 6.45) is -1.83. The van der Waals surface area contributed by atoms with Crippen LogP contribution >= 0.6 is 15.9 Å². The second-order valence-electron chi connectivity index (χ2n) is 4.48. The fourth-order valence-electron chi connectivity index (χ4n) is 1.60. The second kappa shape index (κ2) is 7.11. The molecule has 0 saturated carbocycles. The highest BCUT2D eigenvalue weighted by molar-refractivity contribution is 9.10. The van der Waals surface area contributed by atoms with Gasteiger partial charge in [0.05, 0.1) is 10.0 Å². The average molecular weight is 373 g/mol. The molecule has 1 aromatic rings. The number of carboxylic acids is 1. The quantitative estimate of drug-likeness (QED) is 0.726. The molecule has 0 radical (unpaired) electrons. The van der Waals surface area contributed by atoms with Crippen molar-refractivity contribution in [2.45, 2.75) is 31.8 Å². The molecule has 0 heterocycles. The molecule has 3 nitrogen and oxygen atoms in total. The Morgan fingerprint density at radius 3 is 2.57 bits per heavy atom. The van der Waals surface area contributed by atoms with E-state index in [1.807, 2.05) is 0 Å². The van der Waals surface area contributed by atoms with Crippen molar-refractivity contribution in [3.05, 3.63) is 28.0 Å². The number of halogens is 5. The molecule has 0 spiro atoms. The summed E-state index contributed by atoms with van der Waals surface area (Å²) in [4.78, 5) is 10.4. The smallest absolute Gasteiger partial charge is 0.303 e. The van der Waals surface area contributed by atoms with E-state index in [1.54, 1.807) is 0 Å². The molecular formula is C13H13BrF4O3. The third-order valence-electron chi connectivity index (χ3n) is 2.64. The lowest BCUT2D eigenvalue weighted by molar-refractivity contribution is -0.137. The van der Waals surface area contributed by atoms with Crippen LogP contribution in [0.4, 0.5) is 17.6 Å². The van der Waals surface area contributed by atoms with Crippen LogP contribution in [0.15, 0.2) is 16.6 Å². The van der Waals surface area contributed by atoms with E-state index in [9.17, 15) is 22.4 Å². The van der Waals surface area contributed by atoms with Gasteiger partial charge in [0.1, 0.15) is 24.3 Å². The predicted molar refractivity (Wildman–Crippen MR) is 70.9 cm³/mol. The zero-order valence-corrected chi connectivity index (χ0v) is 12.6. The lowest BCUT2D eigenvalue weighted by atomic mass is 10.1. The van der Waals surface area contributed by atoms with E-state index in [0.717, 1.165) is 12.1 Å². The van der Waals surface area contributed by atoms with Crippen molar-refractivity contribution in [2.75, 3.05) is 6.67 Å². The van der Waals surface area contributed by atoms with Crippen LogP contribution < -0.4 is 4.74 Å². The number of benzene rings is 1. The Hall–Kier alpha value is -1.31. The number of ether oxygens (including phenoxy) is 1. The van der Waals surface area contributed by atoms with Crippen molar-refractivity contribution >= 4 is 21.9 Å². The first kappa shape index (κ1) is 17.7. The summed E-state index contributed by atoms with van der Waals surface area (Å²) in [7, 11) is 0. The summed E-state index contributed by atoms with van der Waals surface area (Å²) in [5.41, 5.74) is -0.607. The molecule has 1 atom stereocenters. The Morgan fingerprint density at radius 2 is 2.10 bits per heavy atom. The molecule has 8 heteroatoms. The molecule has 0 amide bonds. The van der Waals surface area contributed by atoms with Gasteiger partial charge in [0.15, 0.2) is 0 Å². The van der Waals surface area contributed by atoms with Crippen molar-refractivity contribution in [1.82, 2.24) is 0 Å². The van der Waals surface area contributed by atoms with Gasteiger partial charge >= 0.3 is 5.97 Å². The number of carbonyl (C=O) groups is 1. The van der Waals surface area contributed by atoms with Gasteiger partial charge < -0.3 is 9.84 Å². The van der Waals surface area contributed by atoms with Gasteiger partial charge in [0, 0.05) is 19.4 Å². The Balaban J connectivity index is 3.05. The maximum Gasteiger partial charge on any atom is 0.303 e. The summed E-state index contributed by atoms with van der Waals surface area (Å²) in [6, 6.07) is 1.58. The summed E-state index contributed by atoms with van der Waals surface area (Å²) >= 11 is 2.79. The standard InChI is InChI=1S/C13H13BrF4O3/c1-13(17,18)8-4-9(14)10(16)5-11(8)21-7(6-15)2-3-12(19)20/h4-5,7H,2-3,6H2,1H3,(H,19,20)/t7-/m1/s1. The van der Waals surface area contributed by atoms with Crippen LogP contribution in [0, 0.1) is 5.82 Å². The van der Waals surface area contributed by atoms with E-state index < -0.39 is 41.8 Å². The van der Waals surface area contributed by atoms with Gasteiger partial charge in [-0.15, -0.1) is 0 Å². The topological polar surface area (TPSA) is 46.5 Å². The molecule has 0 aliphatic heterocycles. The number of carboxylic acid groups (broad SMARTS) is 1. The summed E-state index contributed by atoms with van der Waals surface area (Å²) in [5, 5.41) is 8.52. The number of aliphatic carboxylic acids is 1. The maximum atomic E-state index is 13.5. The van der Waals surface area contributed by atoms with E-state index in [0.29, 0.717) is 6.92 Å². The van der Waals surface area contributed by atoms with E-state index in [4.69, 9.17) is 9.84 Å². The van der Waals surface area contributed by atoms with Crippen molar-refractivity contribution in [3.63, 3.8) is 0 Å². The van der Waals surface area contributed by atoms with Crippen molar-refractivity contribution < 1.29 is 32.2 Å². The zero-order valence-electron chi connectivity index (χ0n) is 11.0. The molecule has 21 heavy (non-hydrogen) atoms. The van der Waals surface area contributed by atoms with Gasteiger partial charge in [0.25, 0.3) is 5.92 Å². The fourth-order valence-corrected chi connectivity index (χ4v) is 1.94. The number of rotatable bonds is 7. The minimum atomic E-state index is -3.32. The monoisotopic (exact) mass is 372 g/mol.